The van der Waals surface area contributed by atoms with Gasteiger partial charge in [0.2, 0.25) is 0 Å². The number of aryl methyl sites for hydroxylation is 1. The number of hydrogen-bond acceptors (Lipinski definition) is 2. The van der Waals surface area contributed by atoms with E-state index in [2.05, 4.69) is 22.4 Å². The number of anilines is 1. The highest BCUT2D eigenvalue weighted by atomic mass is 16.1. The number of hydrogen-bond donors (Lipinski definition) is 2. The van der Waals surface area contributed by atoms with Crippen molar-refractivity contribution in [1.29, 1.82) is 0 Å². The summed E-state index contributed by atoms with van der Waals surface area (Å²) >= 11 is 0. The van der Waals surface area contributed by atoms with Gasteiger partial charge in [0.05, 0.1) is 11.8 Å². The van der Waals surface area contributed by atoms with E-state index in [0.717, 1.165) is 12.1 Å². The number of nitrogens with one attached hydrogen (secondary N) is 2. The molecule has 16 heavy (non-hydrogen) atoms. The summed E-state index contributed by atoms with van der Waals surface area (Å²) in [6, 6.07) is 7.81. The third kappa shape index (κ3) is 2.28. The summed E-state index contributed by atoms with van der Waals surface area (Å²) in [7, 11) is 0. The average molecular weight is 215 g/mol. The van der Waals surface area contributed by atoms with Crippen molar-refractivity contribution in [1.82, 2.24) is 10.2 Å². The summed E-state index contributed by atoms with van der Waals surface area (Å²) in [5, 5.41) is 9.13. The fourth-order valence-electron chi connectivity index (χ4n) is 1.40. The molecule has 0 aliphatic carbocycles. The molecule has 4 heteroatoms. The van der Waals surface area contributed by atoms with Crippen LogP contribution in [0.5, 0.6) is 0 Å². The van der Waals surface area contributed by atoms with Gasteiger partial charge in [-0.15, -0.1) is 0 Å². The Labute approximate surface area is 93.7 Å². The van der Waals surface area contributed by atoms with Gasteiger partial charge in [0, 0.05) is 11.9 Å². The van der Waals surface area contributed by atoms with Gasteiger partial charge in [0.1, 0.15) is 0 Å². The van der Waals surface area contributed by atoms with Gasteiger partial charge in [0.15, 0.2) is 0 Å². The lowest BCUT2D eigenvalue weighted by Gasteiger charge is -2.04. The molecule has 0 bridgehead atoms. The molecule has 1 heterocycles. The van der Waals surface area contributed by atoms with Crippen LogP contribution >= 0.6 is 0 Å². The standard InChI is InChI=1S/C12H13N3O/c1-2-9-3-5-11(6-4-9)15-12(16)10-7-13-14-8-10/h3-8H,2H2,1H3,(H,13,14)(H,15,16). The molecule has 0 radical (unpaired) electrons. The number of amides is 1. The zero-order valence-corrected chi connectivity index (χ0v) is 9.03. The van der Waals surface area contributed by atoms with E-state index in [-0.39, 0.29) is 5.91 Å². The molecule has 0 aliphatic rings. The molecule has 0 atom stereocenters. The highest BCUT2D eigenvalue weighted by molar-refractivity contribution is 6.03. The molecular weight excluding hydrogens is 202 g/mol. The Kier molecular flexibility index (Phi) is 3.00. The van der Waals surface area contributed by atoms with E-state index in [4.69, 9.17) is 0 Å². The Morgan fingerprint density at radius 3 is 2.69 bits per heavy atom. The minimum Gasteiger partial charge on any atom is -0.322 e. The van der Waals surface area contributed by atoms with Crippen molar-refractivity contribution in [2.45, 2.75) is 13.3 Å². The summed E-state index contributed by atoms with van der Waals surface area (Å²) in [6.07, 6.45) is 4.06. The van der Waals surface area contributed by atoms with Gasteiger partial charge in [-0.05, 0) is 24.1 Å². The maximum atomic E-state index is 11.7. The second-order valence-corrected chi connectivity index (χ2v) is 3.49. The van der Waals surface area contributed by atoms with Crippen molar-refractivity contribution in [2.75, 3.05) is 5.32 Å². The fourth-order valence-corrected chi connectivity index (χ4v) is 1.40. The highest BCUT2D eigenvalue weighted by Gasteiger charge is 2.06. The first kappa shape index (κ1) is 10.4. The van der Waals surface area contributed by atoms with Crippen LogP contribution in [0.4, 0.5) is 5.69 Å². The van der Waals surface area contributed by atoms with Crippen LogP contribution < -0.4 is 5.32 Å². The van der Waals surface area contributed by atoms with Crippen molar-refractivity contribution in [2.24, 2.45) is 0 Å². The Hall–Kier alpha value is -2.10. The maximum Gasteiger partial charge on any atom is 0.258 e. The molecule has 82 valence electrons. The molecule has 0 unspecified atom stereocenters. The highest BCUT2D eigenvalue weighted by Crippen LogP contribution is 2.11. The summed E-state index contributed by atoms with van der Waals surface area (Å²) < 4.78 is 0. The van der Waals surface area contributed by atoms with Crippen LogP contribution in [0, 0.1) is 0 Å². The molecule has 0 saturated heterocycles. The Bertz CT molecular complexity index is 460. The van der Waals surface area contributed by atoms with Crippen molar-refractivity contribution >= 4 is 11.6 Å². The number of aromatic amines is 1. The topological polar surface area (TPSA) is 57.8 Å². The van der Waals surface area contributed by atoms with Crippen LogP contribution in [-0.2, 0) is 6.42 Å². The quantitative estimate of drug-likeness (QED) is 0.824. The van der Waals surface area contributed by atoms with Crippen LogP contribution in [0.3, 0.4) is 0 Å². The van der Waals surface area contributed by atoms with Crippen LogP contribution in [0.1, 0.15) is 22.8 Å². The second-order valence-electron chi connectivity index (χ2n) is 3.49. The van der Waals surface area contributed by atoms with Crippen LogP contribution in [0.2, 0.25) is 0 Å². The van der Waals surface area contributed by atoms with E-state index in [1.807, 2.05) is 24.3 Å². The zero-order valence-electron chi connectivity index (χ0n) is 9.03. The third-order valence-electron chi connectivity index (χ3n) is 2.38. The number of nitrogens with zero attached hydrogens (tertiary/aromatic N) is 1. The van der Waals surface area contributed by atoms with Crippen LogP contribution in [0.15, 0.2) is 36.7 Å². The maximum absolute atomic E-state index is 11.7. The molecule has 2 aromatic rings. The van der Waals surface area contributed by atoms with E-state index in [0.29, 0.717) is 5.56 Å². The minimum absolute atomic E-state index is 0.155. The smallest absolute Gasteiger partial charge is 0.258 e. The summed E-state index contributed by atoms with van der Waals surface area (Å²) in [5.41, 5.74) is 2.57. The van der Waals surface area contributed by atoms with Gasteiger partial charge in [-0.25, -0.2) is 0 Å². The largest absolute Gasteiger partial charge is 0.322 e. The van der Waals surface area contributed by atoms with Crippen molar-refractivity contribution in [3.05, 3.63) is 47.8 Å². The summed E-state index contributed by atoms with van der Waals surface area (Å²) in [4.78, 5) is 11.7. The lowest BCUT2D eigenvalue weighted by Crippen LogP contribution is -2.10. The molecule has 1 aromatic carbocycles. The molecule has 2 rings (SSSR count). The first-order valence-corrected chi connectivity index (χ1v) is 5.18. The Morgan fingerprint density at radius 1 is 1.38 bits per heavy atom. The Balaban J connectivity index is 2.06. The Morgan fingerprint density at radius 2 is 2.12 bits per heavy atom. The molecule has 0 spiro atoms. The zero-order chi connectivity index (χ0) is 11.4. The molecule has 1 aromatic heterocycles. The second kappa shape index (κ2) is 4.61. The monoisotopic (exact) mass is 215 g/mol. The molecule has 2 N–H and O–H groups in total. The molecule has 0 saturated carbocycles. The van der Waals surface area contributed by atoms with Crippen molar-refractivity contribution in [3.8, 4) is 0 Å². The lowest BCUT2D eigenvalue weighted by atomic mass is 10.1. The SMILES string of the molecule is CCc1ccc(NC(=O)c2cn[nH]c2)cc1. The van der Waals surface area contributed by atoms with Gasteiger partial charge in [-0.1, -0.05) is 19.1 Å². The van der Waals surface area contributed by atoms with E-state index >= 15 is 0 Å². The lowest BCUT2D eigenvalue weighted by molar-refractivity contribution is 0.102. The predicted molar refractivity (Wildman–Crippen MR) is 62.4 cm³/mol. The van der Waals surface area contributed by atoms with E-state index < -0.39 is 0 Å². The van der Waals surface area contributed by atoms with E-state index in [1.54, 1.807) is 6.20 Å². The molecule has 0 aliphatic heterocycles. The number of carbonyl (C=O) groups excluding carboxylic acids is 1. The summed E-state index contributed by atoms with van der Waals surface area (Å²) in [5.74, 6) is -0.155. The predicted octanol–water partition coefficient (Wildman–Crippen LogP) is 2.22. The number of carbonyl (C=O) groups is 1. The van der Waals surface area contributed by atoms with Gasteiger partial charge < -0.3 is 5.32 Å². The van der Waals surface area contributed by atoms with Gasteiger partial charge >= 0.3 is 0 Å². The molecular formula is C12H13N3O. The van der Waals surface area contributed by atoms with Crippen molar-refractivity contribution < 1.29 is 4.79 Å². The van der Waals surface area contributed by atoms with Crippen LogP contribution in [0.25, 0.3) is 0 Å². The molecule has 4 nitrogen and oxygen atoms in total. The summed E-state index contributed by atoms with van der Waals surface area (Å²) in [6.45, 7) is 2.10. The normalized spacial score (nSPS) is 10.1. The number of aromatic nitrogens is 2. The van der Waals surface area contributed by atoms with E-state index in [1.165, 1.54) is 11.8 Å². The number of benzene rings is 1. The number of H-pyrrole nitrogens is 1. The minimum atomic E-state index is -0.155. The average Bonchev–Trinajstić information content (AvgIpc) is 2.83. The van der Waals surface area contributed by atoms with Crippen molar-refractivity contribution in [3.63, 3.8) is 0 Å². The fraction of sp³-hybridized carbons (Fsp3) is 0.167. The van der Waals surface area contributed by atoms with E-state index in [9.17, 15) is 4.79 Å². The first-order valence-electron chi connectivity index (χ1n) is 5.18. The van der Waals surface area contributed by atoms with Crippen LogP contribution in [-0.4, -0.2) is 16.1 Å². The number of rotatable bonds is 3. The van der Waals surface area contributed by atoms with Gasteiger partial charge in [-0.3, -0.25) is 9.89 Å². The molecule has 0 fully saturated rings. The van der Waals surface area contributed by atoms with Gasteiger partial charge in [0.25, 0.3) is 5.91 Å². The third-order valence-corrected chi connectivity index (χ3v) is 2.38. The first-order chi connectivity index (χ1) is 7.79. The molecule has 1 amide bonds. The van der Waals surface area contributed by atoms with Gasteiger partial charge in [-0.2, -0.15) is 5.10 Å².